The fraction of sp³-hybridized carbons (Fsp3) is 0.182. The van der Waals surface area contributed by atoms with Gasteiger partial charge in [-0.05, 0) is 41.7 Å². The largest absolute Gasteiger partial charge is 0.477 e. The third-order valence-electron chi connectivity index (χ3n) is 4.70. The summed E-state index contributed by atoms with van der Waals surface area (Å²) in [5.41, 5.74) is 4.71. The lowest BCUT2D eigenvalue weighted by Gasteiger charge is -2.07. The van der Waals surface area contributed by atoms with Gasteiger partial charge in [-0.1, -0.05) is 54.9 Å². The predicted octanol–water partition coefficient (Wildman–Crippen LogP) is 5.07. The van der Waals surface area contributed by atoms with Crippen molar-refractivity contribution in [3.63, 3.8) is 0 Å². The van der Waals surface area contributed by atoms with Gasteiger partial charge in [0.2, 0.25) is 0 Å². The average Bonchev–Trinajstić information content (AvgIpc) is 2.94. The Labute approximate surface area is 163 Å². The van der Waals surface area contributed by atoms with Crippen LogP contribution in [0.2, 0.25) is 5.02 Å². The highest BCUT2D eigenvalue weighted by molar-refractivity contribution is 6.30. The van der Waals surface area contributed by atoms with Gasteiger partial charge in [-0.2, -0.15) is 5.26 Å². The Kier molecular flexibility index (Phi) is 5.34. The van der Waals surface area contributed by atoms with Gasteiger partial charge < -0.3 is 9.67 Å². The molecule has 0 fully saturated rings. The maximum atomic E-state index is 11.8. The van der Waals surface area contributed by atoms with Crippen LogP contribution in [-0.2, 0) is 19.9 Å². The first-order valence-corrected chi connectivity index (χ1v) is 9.02. The van der Waals surface area contributed by atoms with Crippen LogP contribution in [0.4, 0.5) is 0 Å². The number of rotatable bonds is 5. The van der Waals surface area contributed by atoms with Crippen LogP contribution in [0.5, 0.6) is 0 Å². The molecule has 0 aliphatic heterocycles. The SMILES string of the molecule is CCc1c(C#N)c(-c2ccc(Cc3cccc(Cl)c3)cc2)c(C(=O)O)n1C. The van der Waals surface area contributed by atoms with Gasteiger partial charge in [0, 0.05) is 23.3 Å². The van der Waals surface area contributed by atoms with Crippen molar-refractivity contribution in [2.75, 3.05) is 0 Å². The van der Waals surface area contributed by atoms with Gasteiger partial charge in [-0.25, -0.2) is 4.79 Å². The lowest BCUT2D eigenvalue weighted by Crippen LogP contribution is -2.07. The van der Waals surface area contributed by atoms with Crippen LogP contribution < -0.4 is 0 Å². The van der Waals surface area contributed by atoms with Gasteiger partial charge in [-0.15, -0.1) is 0 Å². The van der Waals surface area contributed by atoms with E-state index in [9.17, 15) is 15.2 Å². The molecule has 3 aromatic rings. The first-order chi connectivity index (χ1) is 13.0. The molecule has 1 aromatic heterocycles. The zero-order chi connectivity index (χ0) is 19.6. The third-order valence-corrected chi connectivity index (χ3v) is 4.94. The number of aromatic nitrogens is 1. The van der Waals surface area contributed by atoms with E-state index in [0.717, 1.165) is 28.8 Å². The second-order valence-electron chi connectivity index (χ2n) is 6.38. The van der Waals surface area contributed by atoms with Crippen LogP contribution in [-0.4, -0.2) is 15.6 Å². The summed E-state index contributed by atoms with van der Waals surface area (Å²) < 4.78 is 1.61. The molecule has 4 nitrogen and oxygen atoms in total. The highest BCUT2D eigenvalue weighted by atomic mass is 35.5. The van der Waals surface area contributed by atoms with Crippen molar-refractivity contribution in [2.24, 2.45) is 7.05 Å². The number of carbonyl (C=O) groups is 1. The first kappa shape index (κ1) is 18.8. The highest BCUT2D eigenvalue weighted by Crippen LogP contribution is 2.33. The molecule has 1 N–H and O–H groups in total. The summed E-state index contributed by atoms with van der Waals surface area (Å²) in [6.45, 7) is 1.92. The van der Waals surface area contributed by atoms with Crippen LogP contribution in [0.3, 0.4) is 0 Å². The van der Waals surface area contributed by atoms with Gasteiger partial charge in [0.05, 0.1) is 5.56 Å². The lowest BCUT2D eigenvalue weighted by atomic mass is 9.97. The molecule has 27 heavy (non-hydrogen) atoms. The fourth-order valence-corrected chi connectivity index (χ4v) is 3.68. The Morgan fingerprint density at radius 1 is 1.19 bits per heavy atom. The Hall–Kier alpha value is -3.03. The van der Waals surface area contributed by atoms with Gasteiger partial charge in [-0.3, -0.25) is 0 Å². The predicted molar refractivity (Wildman–Crippen MR) is 106 cm³/mol. The quantitative estimate of drug-likeness (QED) is 0.674. The summed E-state index contributed by atoms with van der Waals surface area (Å²) in [5, 5.41) is 20.0. The van der Waals surface area contributed by atoms with E-state index in [1.807, 2.05) is 55.5 Å². The van der Waals surface area contributed by atoms with E-state index >= 15 is 0 Å². The molecular weight excluding hydrogens is 360 g/mol. The van der Waals surface area contributed by atoms with E-state index in [1.165, 1.54) is 0 Å². The van der Waals surface area contributed by atoms with Crippen molar-refractivity contribution < 1.29 is 9.90 Å². The summed E-state index contributed by atoms with van der Waals surface area (Å²) in [7, 11) is 1.69. The maximum Gasteiger partial charge on any atom is 0.353 e. The minimum atomic E-state index is -1.04. The Balaban J connectivity index is 2.03. The van der Waals surface area contributed by atoms with Crippen molar-refractivity contribution >= 4 is 17.6 Å². The highest BCUT2D eigenvalue weighted by Gasteiger charge is 2.25. The number of halogens is 1. The molecule has 0 aliphatic rings. The molecule has 2 aromatic carbocycles. The lowest BCUT2D eigenvalue weighted by molar-refractivity contribution is 0.0687. The molecule has 0 aliphatic carbocycles. The summed E-state index contributed by atoms with van der Waals surface area (Å²) in [6.07, 6.45) is 1.32. The van der Waals surface area contributed by atoms with Crippen LogP contribution in [0.15, 0.2) is 48.5 Å². The van der Waals surface area contributed by atoms with Crippen molar-refractivity contribution in [1.29, 1.82) is 5.26 Å². The normalized spacial score (nSPS) is 10.6. The van der Waals surface area contributed by atoms with Crippen LogP contribution in [0.1, 0.15) is 39.8 Å². The molecule has 5 heteroatoms. The Morgan fingerprint density at radius 2 is 1.89 bits per heavy atom. The van der Waals surface area contributed by atoms with Gasteiger partial charge in [0.15, 0.2) is 0 Å². The van der Waals surface area contributed by atoms with Crippen molar-refractivity contribution in [1.82, 2.24) is 4.57 Å². The number of carboxylic acid groups (broad SMARTS) is 1. The van der Waals surface area contributed by atoms with Crippen LogP contribution in [0.25, 0.3) is 11.1 Å². The summed E-state index contributed by atoms with van der Waals surface area (Å²) in [5.74, 6) is -1.04. The number of carboxylic acids is 1. The monoisotopic (exact) mass is 378 g/mol. The second-order valence-corrected chi connectivity index (χ2v) is 6.81. The van der Waals surface area contributed by atoms with Crippen molar-refractivity contribution in [2.45, 2.75) is 19.8 Å². The van der Waals surface area contributed by atoms with Gasteiger partial charge >= 0.3 is 5.97 Å². The molecule has 0 radical (unpaired) electrons. The van der Waals surface area contributed by atoms with Crippen LogP contribution >= 0.6 is 11.6 Å². The number of aromatic carboxylic acids is 1. The summed E-state index contributed by atoms with van der Waals surface area (Å²) in [4.78, 5) is 11.8. The minimum Gasteiger partial charge on any atom is -0.477 e. The Morgan fingerprint density at radius 3 is 2.44 bits per heavy atom. The molecule has 0 amide bonds. The minimum absolute atomic E-state index is 0.144. The molecule has 0 unspecified atom stereocenters. The zero-order valence-corrected chi connectivity index (χ0v) is 15.9. The summed E-state index contributed by atoms with van der Waals surface area (Å²) in [6, 6.07) is 17.6. The fourth-order valence-electron chi connectivity index (χ4n) is 3.47. The second kappa shape index (κ2) is 7.69. The van der Waals surface area contributed by atoms with Crippen molar-refractivity contribution in [3.05, 3.63) is 81.6 Å². The average molecular weight is 379 g/mol. The smallest absolute Gasteiger partial charge is 0.353 e. The number of benzene rings is 2. The van der Waals surface area contributed by atoms with E-state index < -0.39 is 5.97 Å². The molecule has 0 saturated heterocycles. The van der Waals surface area contributed by atoms with Crippen LogP contribution in [0, 0.1) is 11.3 Å². The van der Waals surface area contributed by atoms with Crippen molar-refractivity contribution in [3.8, 4) is 17.2 Å². The number of nitriles is 1. The van der Waals surface area contributed by atoms with E-state index in [0.29, 0.717) is 22.6 Å². The van der Waals surface area contributed by atoms with E-state index in [2.05, 4.69) is 6.07 Å². The van der Waals surface area contributed by atoms with E-state index in [-0.39, 0.29) is 5.69 Å². The molecule has 0 spiro atoms. The zero-order valence-electron chi connectivity index (χ0n) is 15.2. The number of hydrogen-bond acceptors (Lipinski definition) is 2. The molecule has 136 valence electrons. The van der Waals surface area contributed by atoms with Gasteiger partial charge in [0.1, 0.15) is 11.8 Å². The molecule has 3 rings (SSSR count). The third kappa shape index (κ3) is 3.60. The molecule has 0 atom stereocenters. The first-order valence-electron chi connectivity index (χ1n) is 8.65. The molecule has 0 bridgehead atoms. The molecular formula is C22H19ClN2O2. The molecule has 0 saturated carbocycles. The number of hydrogen-bond donors (Lipinski definition) is 1. The van der Waals surface area contributed by atoms with Gasteiger partial charge in [0.25, 0.3) is 0 Å². The standard InChI is InChI=1S/C22H19ClN2O2/c1-3-19-18(13-24)20(21(22(26)27)25(19)2)16-9-7-14(8-10-16)11-15-5-4-6-17(23)12-15/h4-10,12H,3,11H2,1-2H3,(H,26,27). The van der Waals surface area contributed by atoms with E-state index in [1.54, 1.807) is 11.6 Å². The topological polar surface area (TPSA) is 66.0 Å². The molecule has 1 heterocycles. The number of nitrogens with zero attached hydrogens (tertiary/aromatic N) is 2. The van der Waals surface area contributed by atoms with E-state index in [4.69, 9.17) is 11.6 Å². The maximum absolute atomic E-state index is 11.8. The Bertz CT molecular complexity index is 1040. The summed E-state index contributed by atoms with van der Waals surface area (Å²) >= 11 is 6.04.